The summed E-state index contributed by atoms with van der Waals surface area (Å²) in [6, 6.07) is 8.40. The average molecular weight is 263 g/mol. The SMILES string of the molecule is CC(=O)C(C(=O)OC(C)(C)C)C(N)c1ccccc1. The highest BCUT2D eigenvalue weighted by Crippen LogP contribution is 2.23. The molecule has 1 rings (SSSR count). The molecule has 2 unspecified atom stereocenters. The normalized spacial score (nSPS) is 14.6. The van der Waals surface area contributed by atoms with Crippen molar-refractivity contribution in [3.05, 3.63) is 35.9 Å². The van der Waals surface area contributed by atoms with Gasteiger partial charge in [-0.25, -0.2) is 0 Å². The third-order valence-corrected chi connectivity index (χ3v) is 2.64. The molecule has 0 bridgehead atoms. The molecule has 0 saturated heterocycles. The van der Waals surface area contributed by atoms with Gasteiger partial charge in [-0.3, -0.25) is 9.59 Å². The van der Waals surface area contributed by atoms with Crippen molar-refractivity contribution in [1.82, 2.24) is 0 Å². The van der Waals surface area contributed by atoms with E-state index in [9.17, 15) is 9.59 Å². The zero-order valence-electron chi connectivity index (χ0n) is 11.8. The molecule has 19 heavy (non-hydrogen) atoms. The molecule has 4 nitrogen and oxygen atoms in total. The third kappa shape index (κ3) is 4.48. The van der Waals surface area contributed by atoms with Crippen molar-refractivity contribution in [2.45, 2.75) is 39.3 Å². The molecular weight excluding hydrogens is 242 g/mol. The van der Waals surface area contributed by atoms with Gasteiger partial charge in [-0.05, 0) is 33.3 Å². The summed E-state index contributed by atoms with van der Waals surface area (Å²) >= 11 is 0. The number of benzene rings is 1. The molecule has 0 aliphatic carbocycles. The Morgan fingerprint density at radius 3 is 2.11 bits per heavy atom. The van der Waals surface area contributed by atoms with Gasteiger partial charge in [-0.2, -0.15) is 0 Å². The van der Waals surface area contributed by atoms with E-state index in [-0.39, 0.29) is 5.78 Å². The highest BCUT2D eigenvalue weighted by atomic mass is 16.6. The second-order valence-electron chi connectivity index (χ2n) is 5.56. The zero-order valence-corrected chi connectivity index (χ0v) is 11.8. The van der Waals surface area contributed by atoms with E-state index in [0.29, 0.717) is 0 Å². The van der Waals surface area contributed by atoms with E-state index in [4.69, 9.17) is 10.5 Å². The molecule has 1 aromatic carbocycles. The Kier molecular flexibility index (Phi) is 4.84. The van der Waals surface area contributed by atoms with E-state index in [0.717, 1.165) is 5.56 Å². The monoisotopic (exact) mass is 263 g/mol. The second kappa shape index (κ2) is 5.97. The molecule has 0 heterocycles. The molecule has 0 aliphatic rings. The predicted molar refractivity (Wildman–Crippen MR) is 73.4 cm³/mol. The zero-order chi connectivity index (χ0) is 14.6. The second-order valence-corrected chi connectivity index (χ2v) is 5.56. The standard InChI is InChI=1S/C15H21NO3/c1-10(17)12(14(18)19-15(2,3)4)13(16)11-8-6-5-7-9-11/h5-9,12-13H,16H2,1-4H3. The van der Waals surface area contributed by atoms with Crippen LogP contribution in [0.2, 0.25) is 0 Å². The van der Waals surface area contributed by atoms with Gasteiger partial charge in [0.05, 0.1) is 6.04 Å². The highest BCUT2D eigenvalue weighted by Gasteiger charge is 2.34. The molecule has 2 N–H and O–H groups in total. The van der Waals surface area contributed by atoms with Gasteiger partial charge in [-0.15, -0.1) is 0 Å². The maximum absolute atomic E-state index is 12.1. The molecule has 0 aromatic heterocycles. The molecular formula is C15H21NO3. The molecule has 104 valence electrons. The first-order valence-corrected chi connectivity index (χ1v) is 6.26. The van der Waals surface area contributed by atoms with Crippen LogP contribution < -0.4 is 5.73 Å². The summed E-state index contributed by atoms with van der Waals surface area (Å²) in [5.41, 5.74) is 6.14. The number of nitrogens with two attached hydrogens (primary N) is 1. The van der Waals surface area contributed by atoms with Crippen LogP contribution in [0.25, 0.3) is 0 Å². The Balaban J connectivity index is 2.96. The van der Waals surface area contributed by atoms with E-state index in [1.54, 1.807) is 32.9 Å². The minimum absolute atomic E-state index is 0.286. The fourth-order valence-electron chi connectivity index (χ4n) is 1.80. The lowest BCUT2D eigenvalue weighted by Crippen LogP contribution is -2.38. The van der Waals surface area contributed by atoms with Crippen LogP contribution in [0.5, 0.6) is 0 Å². The topological polar surface area (TPSA) is 69.4 Å². The maximum Gasteiger partial charge on any atom is 0.318 e. The van der Waals surface area contributed by atoms with Crippen molar-refractivity contribution in [1.29, 1.82) is 0 Å². The number of hydrogen-bond acceptors (Lipinski definition) is 4. The van der Waals surface area contributed by atoms with Crippen LogP contribution in [0.4, 0.5) is 0 Å². The fraction of sp³-hybridized carbons (Fsp3) is 0.467. The summed E-state index contributed by atoms with van der Waals surface area (Å²) in [6.45, 7) is 6.64. The minimum Gasteiger partial charge on any atom is -0.459 e. The number of Topliss-reactive ketones (excluding diaryl/α,β-unsaturated/α-hetero) is 1. The van der Waals surface area contributed by atoms with E-state index in [1.165, 1.54) is 6.92 Å². The van der Waals surface area contributed by atoms with Crippen molar-refractivity contribution < 1.29 is 14.3 Å². The smallest absolute Gasteiger partial charge is 0.318 e. The maximum atomic E-state index is 12.1. The van der Waals surface area contributed by atoms with Gasteiger partial charge in [-0.1, -0.05) is 30.3 Å². The van der Waals surface area contributed by atoms with Crippen LogP contribution in [0, 0.1) is 5.92 Å². The average Bonchev–Trinajstić information content (AvgIpc) is 2.27. The summed E-state index contributed by atoms with van der Waals surface area (Å²) in [5, 5.41) is 0. The first-order chi connectivity index (χ1) is 8.72. The van der Waals surface area contributed by atoms with Crippen molar-refractivity contribution in [2.75, 3.05) is 0 Å². The van der Waals surface area contributed by atoms with Gasteiger partial charge in [0.25, 0.3) is 0 Å². The molecule has 0 spiro atoms. The van der Waals surface area contributed by atoms with Gasteiger partial charge in [0.2, 0.25) is 0 Å². The van der Waals surface area contributed by atoms with E-state index >= 15 is 0 Å². The molecule has 0 amide bonds. The fourth-order valence-corrected chi connectivity index (χ4v) is 1.80. The highest BCUT2D eigenvalue weighted by molar-refractivity contribution is 5.98. The molecule has 4 heteroatoms. The minimum atomic E-state index is -0.971. The van der Waals surface area contributed by atoms with Gasteiger partial charge in [0.1, 0.15) is 17.3 Å². The largest absolute Gasteiger partial charge is 0.459 e. The first-order valence-electron chi connectivity index (χ1n) is 6.26. The summed E-state index contributed by atoms with van der Waals surface area (Å²) in [4.78, 5) is 23.8. The molecule has 0 radical (unpaired) electrons. The van der Waals surface area contributed by atoms with E-state index in [2.05, 4.69) is 0 Å². The van der Waals surface area contributed by atoms with Gasteiger partial charge < -0.3 is 10.5 Å². The number of hydrogen-bond donors (Lipinski definition) is 1. The van der Waals surface area contributed by atoms with Crippen LogP contribution in [0.15, 0.2) is 30.3 Å². The number of rotatable bonds is 4. The van der Waals surface area contributed by atoms with Gasteiger partial charge >= 0.3 is 5.97 Å². The Hall–Kier alpha value is -1.68. The number of ether oxygens (including phenoxy) is 1. The Morgan fingerprint density at radius 2 is 1.68 bits per heavy atom. The Labute approximate surface area is 113 Å². The lowest BCUT2D eigenvalue weighted by molar-refractivity contribution is -0.162. The van der Waals surface area contributed by atoms with Crippen LogP contribution in [0.1, 0.15) is 39.3 Å². The van der Waals surface area contributed by atoms with Crippen molar-refractivity contribution in [3.8, 4) is 0 Å². The number of carbonyl (C=O) groups is 2. The molecule has 0 aliphatic heterocycles. The van der Waals surface area contributed by atoms with E-state index in [1.807, 2.05) is 18.2 Å². The van der Waals surface area contributed by atoms with Crippen LogP contribution in [-0.4, -0.2) is 17.4 Å². The van der Waals surface area contributed by atoms with Crippen LogP contribution >= 0.6 is 0 Å². The van der Waals surface area contributed by atoms with E-state index < -0.39 is 23.5 Å². The number of ketones is 1. The number of esters is 1. The molecule has 2 atom stereocenters. The summed E-state index contributed by atoms with van der Waals surface area (Å²) in [5.74, 6) is -1.83. The van der Waals surface area contributed by atoms with Gasteiger partial charge in [0, 0.05) is 0 Å². The van der Waals surface area contributed by atoms with Gasteiger partial charge in [0.15, 0.2) is 0 Å². The molecule has 0 saturated carbocycles. The lowest BCUT2D eigenvalue weighted by atomic mass is 9.90. The Morgan fingerprint density at radius 1 is 1.16 bits per heavy atom. The summed E-state index contributed by atoms with van der Waals surface area (Å²) in [6.07, 6.45) is 0. The quantitative estimate of drug-likeness (QED) is 0.668. The van der Waals surface area contributed by atoms with Crippen LogP contribution in [0.3, 0.4) is 0 Å². The summed E-state index contributed by atoms with van der Waals surface area (Å²) < 4.78 is 5.26. The van der Waals surface area contributed by atoms with Crippen molar-refractivity contribution >= 4 is 11.8 Å². The summed E-state index contributed by atoms with van der Waals surface area (Å²) in [7, 11) is 0. The third-order valence-electron chi connectivity index (χ3n) is 2.64. The van der Waals surface area contributed by atoms with Crippen LogP contribution in [-0.2, 0) is 14.3 Å². The molecule has 0 fully saturated rings. The lowest BCUT2D eigenvalue weighted by Gasteiger charge is -2.26. The predicted octanol–water partition coefficient (Wildman–Crippen LogP) is 2.23. The Bertz CT molecular complexity index is 448. The first kappa shape index (κ1) is 15.4. The number of carbonyl (C=O) groups excluding carboxylic acids is 2. The molecule has 1 aromatic rings. The van der Waals surface area contributed by atoms with Crippen molar-refractivity contribution in [3.63, 3.8) is 0 Å². The van der Waals surface area contributed by atoms with Crippen molar-refractivity contribution in [2.24, 2.45) is 11.7 Å².